The first-order valence-electron chi connectivity index (χ1n) is 6.79. The average molecular weight is 270 g/mol. The van der Waals surface area contributed by atoms with Gasteiger partial charge in [-0.2, -0.15) is 0 Å². The van der Waals surface area contributed by atoms with E-state index in [9.17, 15) is 9.59 Å². The molecule has 0 saturated carbocycles. The molecule has 0 heterocycles. The third-order valence-corrected chi connectivity index (χ3v) is 3.11. The number of unbranched alkanes of at least 4 members (excludes halogenated alkanes) is 1. The maximum absolute atomic E-state index is 12.1. The number of hydrogen-bond acceptors (Lipinski definition) is 2. The monoisotopic (exact) mass is 270 g/mol. The fourth-order valence-corrected chi connectivity index (χ4v) is 2.02. The highest BCUT2D eigenvalue weighted by Gasteiger charge is 2.10. The molecular formula is C16H18N2O2. The Bertz CT molecular complexity index is 617. The summed E-state index contributed by atoms with van der Waals surface area (Å²) in [5, 5.41) is 1.87. The van der Waals surface area contributed by atoms with Crippen LogP contribution in [0.2, 0.25) is 0 Å². The molecule has 0 aliphatic rings. The van der Waals surface area contributed by atoms with Gasteiger partial charge in [0.2, 0.25) is 5.91 Å². The fourth-order valence-electron chi connectivity index (χ4n) is 2.02. The van der Waals surface area contributed by atoms with Gasteiger partial charge < -0.3 is 0 Å². The van der Waals surface area contributed by atoms with Crippen LogP contribution in [0.5, 0.6) is 0 Å². The van der Waals surface area contributed by atoms with Gasteiger partial charge in [0.15, 0.2) is 0 Å². The summed E-state index contributed by atoms with van der Waals surface area (Å²) in [5.74, 6) is -0.466. The smallest absolute Gasteiger partial charge is 0.270 e. The summed E-state index contributed by atoms with van der Waals surface area (Å²) in [5.41, 5.74) is 5.46. The minimum Gasteiger partial charge on any atom is -0.273 e. The Morgan fingerprint density at radius 1 is 1.00 bits per heavy atom. The van der Waals surface area contributed by atoms with Crippen LogP contribution < -0.4 is 10.9 Å². The van der Waals surface area contributed by atoms with Crippen molar-refractivity contribution in [2.75, 3.05) is 0 Å². The van der Waals surface area contributed by atoms with Crippen molar-refractivity contribution in [3.8, 4) is 0 Å². The number of hydrogen-bond donors (Lipinski definition) is 2. The number of hydrazine groups is 1. The van der Waals surface area contributed by atoms with Gasteiger partial charge in [-0.3, -0.25) is 20.4 Å². The molecule has 2 aromatic carbocycles. The van der Waals surface area contributed by atoms with Gasteiger partial charge in [0, 0.05) is 12.0 Å². The summed E-state index contributed by atoms with van der Waals surface area (Å²) < 4.78 is 0. The Balaban J connectivity index is 2.06. The summed E-state index contributed by atoms with van der Waals surface area (Å²) in [6, 6.07) is 13.2. The fraction of sp³-hybridized carbons (Fsp3) is 0.250. The second kappa shape index (κ2) is 6.70. The van der Waals surface area contributed by atoms with E-state index >= 15 is 0 Å². The molecule has 2 rings (SSSR count). The van der Waals surface area contributed by atoms with Gasteiger partial charge >= 0.3 is 0 Å². The molecule has 0 atom stereocenters. The Hall–Kier alpha value is -2.36. The summed E-state index contributed by atoms with van der Waals surface area (Å²) in [6.45, 7) is 2.02. The molecule has 4 heteroatoms. The zero-order chi connectivity index (χ0) is 14.4. The molecule has 2 N–H and O–H groups in total. The number of benzene rings is 2. The second-order valence-corrected chi connectivity index (χ2v) is 4.63. The maximum atomic E-state index is 12.1. The van der Waals surface area contributed by atoms with Gasteiger partial charge in [0.1, 0.15) is 0 Å². The Morgan fingerprint density at radius 2 is 1.75 bits per heavy atom. The highest BCUT2D eigenvalue weighted by Crippen LogP contribution is 2.18. The average Bonchev–Trinajstić information content (AvgIpc) is 2.50. The lowest BCUT2D eigenvalue weighted by atomic mass is 10.0. The normalized spacial score (nSPS) is 10.2. The van der Waals surface area contributed by atoms with Crippen LogP contribution >= 0.6 is 0 Å². The summed E-state index contributed by atoms with van der Waals surface area (Å²) in [4.78, 5) is 23.6. The topological polar surface area (TPSA) is 58.2 Å². The van der Waals surface area contributed by atoms with E-state index < -0.39 is 0 Å². The summed E-state index contributed by atoms with van der Waals surface area (Å²) in [6.07, 6.45) is 2.19. The van der Waals surface area contributed by atoms with Crippen molar-refractivity contribution in [2.24, 2.45) is 0 Å². The molecule has 0 fully saturated rings. The molecule has 0 unspecified atom stereocenters. The molecule has 2 aromatic rings. The number of carbonyl (C=O) groups excluding carboxylic acids is 2. The number of rotatable bonds is 4. The van der Waals surface area contributed by atoms with Crippen molar-refractivity contribution in [3.63, 3.8) is 0 Å². The third kappa shape index (κ3) is 3.35. The maximum Gasteiger partial charge on any atom is 0.270 e. The predicted molar refractivity (Wildman–Crippen MR) is 79.1 cm³/mol. The van der Waals surface area contributed by atoms with Gasteiger partial charge in [-0.15, -0.1) is 0 Å². The van der Waals surface area contributed by atoms with Crippen molar-refractivity contribution >= 4 is 22.6 Å². The Morgan fingerprint density at radius 3 is 2.55 bits per heavy atom. The molecule has 0 aromatic heterocycles. The van der Waals surface area contributed by atoms with E-state index in [4.69, 9.17) is 0 Å². The zero-order valence-corrected chi connectivity index (χ0v) is 11.5. The van der Waals surface area contributed by atoms with Crippen molar-refractivity contribution in [2.45, 2.75) is 26.2 Å². The van der Waals surface area contributed by atoms with Crippen molar-refractivity contribution in [3.05, 3.63) is 48.0 Å². The van der Waals surface area contributed by atoms with Crippen LogP contribution in [0.15, 0.2) is 42.5 Å². The first-order chi connectivity index (χ1) is 9.72. The summed E-state index contributed by atoms with van der Waals surface area (Å²) >= 11 is 0. The molecule has 0 aliphatic heterocycles. The van der Waals surface area contributed by atoms with Crippen LogP contribution in [0.25, 0.3) is 10.8 Å². The molecule has 0 bridgehead atoms. The molecular weight excluding hydrogens is 252 g/mol. The highest BCUT2D eigenvalue weighted by molar-refractivity contribution is 6.07. The van der Waals surface area contributed by atoms with Crippen LogP contribution in [0.4, 0.5) is 0 Å². The number of amides is 2. The van der Waals surface area contributed by atoms with E-state index in [1.54, 1.807) is 6.07 Å². The van der Waals surface area contributed by atoms with E-state index in [-0.39, 0.29) is 11.8 Å². The molecule has 0 aliphatic carbocycles. The van der Waals surface area contributed by atoms with Gasteiger partial charge in [-0.1, -0.05) is 49.7 Å². The number of carbonyl (C=O) groups is 2. The van der Waals surface area contributed by atoms with E-state index in [0.717, 1.165) is 23.6 Å². The number of fused-ring (bicyclic) bond motifs is 1. The van der Waals surface area contributed by atoms with E-state index in [2.05, 4.69) is 10.9 Å². The predicted octanol–water partition coefficient (Wildman–Crippen LogP) is 2.79. The Kier molecular flexibility index (Phi) is 4.71. The quantitative estimate of drug-likeness (QED) is 0.839. The standard InChI is InChI=1S/C16H18N2O2/c1-2-3-11-15(19)17-18-16(20)14-10-6-8-12-7-4-5-9-13(12)14/h4-10H,2-3,11H2,1H3,(H,17,19)(H,18,20). The molecule has 2 amide bonds. The van der Waals surface area contributed by atoms with E-state index in [0.29, 0.717) is 12.0 Å². The van der Waals surface area contributed by atoms with Crippen molar-refractivity contribution in [1.29, 1.82) is 0 Å². The van der Waals surface area contributed by atoms with Crippen LogP contribution in [0.1, 0.15) is 36.5 Å². The van der Waals surface area contributed by atoms with E-state index in [1.807, 2.05) is 43.3 Å². The van der Waals surface area contributed by atoms with E-state index in [1.165, 1.54) is 0 Å². The van der Waals surface area contributed by atoms with Crippen LogP contribution in [-0.4, -0.2) is 11.8 Å². The minimum absolute atomic E-state index is 0.166. The lowest BCUT2D eigenvalue weighted by Crippen LogP contribution is -2.41. The largest absolute Gasteiger partial charge is 0.273 e. The summed E-state index contributed by atoms with van der Waals surface area (Å²) in [7, 11) is 0. The van der Waals surface area contributed by atoms with Crippen molar-refractivity contribution in [1.82, 2.24) is 10.9 Å². The van der Waals surface area contributed by atoms with Crippen LogP contribution in [0, 0.1) is 0 Å². The molecule has 0 radical (unpaired) electrons. The van der Waals surface area contributed by atoms with Crippen molar-refractivity contribution < 1.29 is 9.59 Å². The molecule has 0 spiro atoms. The second-order valence-electron chi connectivity index (χ2n) is 4.63. The SMILES string of the molecule is CCCCC(=O)NNC(=O)c1cccc2ccccc12. The van der Waals surface area contributed by atoms with Crippen LogP contribution in [0.3, 0.4) is 0 Å². The highest BCUT2D eigenvalue weighted by atomic mass is 16.2. The zero-order valence-electron chi connectivity index (χ0n) is 11.5. The van der Waals surface area contributed by atoms with Gasteiger partial charge in [0.25, 0.3) is 5.91 Å². The molecule has 20 heavy (non-hydrogen) atoms. The lowest BCUT2D eigenvalue weighted by Gasteiger charge is -2.09. The molecule has 104 valence electrons. The molecule has 0 saturated heterocycles. The van der Waals surface area contributed by atoms with Gasteiger partial charge in [-0.25, -0.2) is 0 Å². The number of nitrogens with one attached hydrogen (secondary N) is 2. The first-order valence-corrected chi connectivity index (χ1v) is 6.79. The lowest BCUT2D eigenvalue weighted by molar-refractivity contribution is -0.121. The Labute approximate surface area is 118 Å². The van der Waals surface area contributed by atoms with Crippen LogP contribution in [-0.2, 0) is 4.79 Å². The minimum atomic E-state index is -0.299. The first kappa shape index (κ1) is 14.1. The van der Waals surface area contributed by atoms with Gasteiger partial charge in [-0.05, 0) is 23.3 Å². The van der Waals surface area contributed by atoms with Gasteiger partial charge in [0.05, 0.1) is 0 Å². The molecule has 4 nitrogen and oxygen atoms in total. The third-order valence-electron chi connectivity index (χ3n) is 3.11.